The Labute approximate surface area is 221 Å². The van der Waals surface area contributed by atoms with Gasteiger partial charge in [0.1, 0.15) is 23.7 Å². The molecule has 1 saturated carbocycles. The third-order valence-corrected chi connectivity index (χ3v) is 9.01. The van der Waals surface area contributed by atoms with Crippen LogP contribution in [0.5, 0.6) is 0 Å². The number of halogens is 1. The molecule has 1 aromatic carbocycles. The quantitative estimate of drug-likeness (QED) is 0.398. The van der Waals surface area contributed by atoms with Gasteiger partial charge >= 0.3 is 11.9 Å². The van der Waals surface area contributed by atoms with Crippen LogP contribution in [0.25, 0.3) is 10.9 Å². The minimum Gasteiger partial charge on any atom is -0.477 e. The van der Waals surface area contributed by atoms with Crippen molar-refractivity contribution in [3.05, 3.63) is 51.2 Å². The van der Waals surface area contributed by atoms with Crippen LogP contribution < -0.4 is 16.1 Å². The van der Waals surface area contributed by atoms with Crippen LogP contribution in [-0.2, 0) is 14.3 Å². The molecule has 1 aromatic heterocycles. The number of benzene rings is 1. The van der Waals surface area contributed by atoms with Gasteiger partial charge < -0.3 is 25.0 Å². The number of β-lactam (4-membered cyclic amide) rings is 1. The zero-order valence-electron chi connectivity index (χ0n) is 20.5. The average Bonchev–Trinajstić information content (AvgIpc) is 3.62. The number of aromatic nitrogens is 1. The molecule has 4 aliphatic rings. The maximum atomic E-state index is 15.2. The summed E-state index contributed by atoms with van der Waals surface area (Å²) < 4.78 is 22.5. The summed E-state index contributed by atoms with van der Waals surface area (Å²) in [6.07, 6.45) is 4.36. The SMILES string of the molecule is NCC1CCN(c2cc3c(cc2F)c(=O)c(C(=O)OCC2=C(C(=O)O)N4C(=O)CC4SC2)cn3C2CC2)C1. The van der Waals surface area contributed by atoms with Crippen molar-refractivity contribution in [2.45, 2.75) is 37.1 Å². The molecule has 0 spiro atoms. The maximum Gasteiger partial charge on any atom is 0.352 e. The number of carboxylic acid groups (broad SMARTS) is 1. The van der Waals surface area contributed by atoms with Gasteiger partial charge in [-0.1, -0.05) is 0 Å². The highest BCUT2D eigenvalue weighted by Gasteiger charge is 2.45. The van der Waals surface area contributed by atoms with E-state index in [0.717, 1.165) is 19.3 Å². The fourth-order valence-electron chi connectivity index (χ4n) is 5.46. The number of thioether (sulfide) groups is 1. The lowest BCUT2D eigenvalue weighted by Crippen LogP contribution is -2.54. The first-order valence-corrected chi connectivity index (χ1v) is 13.7. The first-order chi connectivity index (χ1) is 18.3. The van der Waals surface area contributed by atoms with E-state index in [4.69, 9.17) is 10.5 Å². The predicted octanol–water partition coefficient (Wildman–Crippen LogP) is 2.06. The molecule has 2 saturated heterocycles. The van der Waals surface area contributed by atoms with Crippen LogP contribution in [0, 0.1) is 11.7 Å². The molecule has 2 atom stereocenters. The van der Waals surface area contributed by atoms with Crippen LogP contribution in [-0.4, -0.2) is 69.8 Å². The first-order valence-electron chi connectivity index (χ1n) is 12.7. The molecular weight excluding hydrogens is 515 g/mol. The van der Waals surface area contributed by atoms with E-state index in [1.54, 1.807) is 6.07 Å². The van der Waals surface area contributed by atoms with Gasteiger partial charge in [-0.2, -0.15) is 0 Å². The zero-order chi connectivity index (χ0) is 26.7. The highest BCUT2D eigenvalue weighted by Crippen LogP contribution is 2.40. The van der Waals surface area contributed by atoms with E-state index >= 15 is 4.39 Å². The number of rotatable bonds is 7. The number of hydrogen-bond acceptors (Lipinski definition) is 8. The molecule has 3 N–H and O–H groups in total. The molecule has 2 unspecified atom stereocenters. The maximum absolute atomic E-state index is 15.2. The number of carbonyl (C=O) groups excluding carboxylic acids is 2. The highest BCUT2D eigenvalue weighted by molar-refractivity contribution is 8.00. The molecule has 1 amide bonds. The number of pyridine rings is 1. The van der Waals surface area contributed by atoms with Gasteiger partial charge in [0.25, 0.3) is 0 Å². The van der Waals surface area contributed by atoms with Crippen molar-refractivity contribution < 1.29 is 28.6 Å². The second-order valence-corrected chi connectivity index (χ2v) is 11.4. The van der Waals surface area contributed by atoms with Crippen LogP contribution in [0.1, 0.15) is 42.1 Å². The molecule has 10 nitrogen and oxygen atoms in total. The normalized spacial score (nSPS) is 23.1. The predicted molar refractivity (Wildman–Crippen MR) is 138 cm³/mol. The van der Waals surface area contributed by atoms with Gasteiger partial charge in [-0.3, -0.25) is 14.5 Å². The summed E-state index contributed by atoms with van der Waals surface area (Å²) in [7, 11) is 0. The third kappa shape index (κ3) is 4.15. The standard InChI is InChI=1S/C26H27FN4O6S/c27-18-5-16-19(6-20(18)29-4-3-13(8-28)9-29)30(15-1-2-15)10-17(24(16)33)26(36)37-11-14-12-38-22-7-21(32)31(22)23(14)25(34)35/h5-6,10,13,15,22H,1-4,7-9,11-12,28H2,(H,34,35). The van der Waals surface area contributed by atoms with Crippen LogP contribution in [0.4, 0.5) is 10.1 Å². The summed E-state index contributed by atoms with van der Waals surface area (Å²) in [5, 5.41) is 9.52. The van der Waals surface area contributed by atoms with Gasteiger partial charge in [-0.25, -0.2) is 14.0 Å². The lowest BCUT2D eigenvalue weighted by molar-refractivity contribution is -0.146. The van der Waals surface area contributed by atoms with Crippen LogP contribution in [0.3, 0.4) is 0 Å². The number of esters is 1. The van der Waals surface area contributed by atoms with Crippen molar-refractivity contribution in [2.24, 2.45) is 11.7 Å². The minimum atomic E-state index is -1.27. The lowest BCUT2D eigenvalue weighted by Gasteiger charge is -2.43. The van der Waals surface area contributed by atoms with Crippen molar-refractivity contribution in [3.63, 3.8) is 0 Å². The van der Waals surface area contributed by atoms with Crippen LogP contribution in [0.2, 0.25) is 0 Å². The molecule has 200 valence electrons. The summed E-state index contributed by atoms with van der Waals surface area (Å²) in [6.45, 7) is 1.49. The zero-order valence-corrected chi connectivity index (χ0v) is 21.3. The fraction of sp³-hybridized carbons (Fsp3) is 0.462. The Morgan fingerprint density at radius 2 is 2.00 bits per heavy atom. The van der Waals surface area contributed by atoms with Crippen molar-refractivity contribution in [3.8, 4) is 0 Å². The molecule has 12 heteroatoms. The number of nitrogens with two attached hydrogens (primary N) is 1. The Morgan fingerprint density at radius 1 is 1.21 bits per heavy atom. The van der Waals surface area contributed by atoms with Gasteiger partial charge in [0.15, 0.2) is 0 Å². The van der Waals surface area contributed by atoms with Crippen LogP contribution >= 0.6 is 11.8 Å². The van der Waals surface area contributed by atoms with Crippen molar-refractivity contribution >= 4 is 46.2 Å². The number of hydrogen-bond donors (Lipinski definition) is 2. The molecule has 3 fully saturated rings. The molecule has 3 aliphatic heterocycles. The number of nitrogens with zero attached hydrogens (tertiary/aromatic N) is 3. The second-order valence-electron chi connectivity index (χ2n) is 10.2. The molecule has 4 heterocycles. The molecule has 0 bridgehead atoms. The van der Waals surface area contributed by atoms with E-state index in [0.29, 0.717) is 42.2 Å². The smallest absolute Gasteiger partial charge is 0.352 e. The lowest BCUT2D eigenvalue weighted by atomic mass is 10.1. The number of ether oxygens (including phenoxy) is 1. The summed E-state index contributed by atoms with van der Waals surface area (Å²) in [4.78, 5) is 53.4. The van der Waals surface area contributed by atoms with Crippen molar-refractivity contribution in [1.29, 1.82) is 0 Å². The number of carboxylic acids is 1. The Hall–Kier alpha value is -3.38. The minimum absolute atomic E-state index is 0.0868. The highest BCUT2D eigenvalue weighted by atomic mass is 32.2. The van der Waals surface area contributed by atoms with Gasteiger partial charge in [0.05, 0.1) is 23.0 Å². The molecule has 6 rings (SSSR count). The number of aliphatic carboxylic acids is 1. The van der Waals surface area contributed by atoms with E-state index in [1.165, 1.54) is 28.9 Å². The van der Waals surface area contributed by atoms with E-state index in [9.17, 15) is 24.3 Å². The Balaban J connectivity index is 1.32. The van der Waals surface area contributed by atoms with E-state index in [2.05, 4.69) is 0 Å². The number of anilines is 1. The molecule has 1 aliphatic carbocycles. The van der Waals surface area contributed by atoms with Crippen molar-refractivity contribution in [1.82, 2.24) is 9.47 Å². The molecule has 0 radical (unpaired) electrons. The largest absolute Gasteiger partial charge is 0.477 e. The molecular formula is C26H27FN4O6S. The second kappa shape index (κ2) is 9.42. The first kappa shape index (κ1) is 24.9. The third-order valence-electron chi connectivity index (χ3n) is 7.73. The van der Waals surface area contributed by atoms with Gasteiger partial charge in [0.2, 0.25) is 11.3 Å². The number of amides is 1. The van der Waals surface area contributed by atoms with Gasteiger partial charge in [-0.05, 0) is 43.9 Å². The van der Waals surface area contributed by atoms with E-state index in [1.807, 2.05) is 9.47 Å². The van der Waals surface area contributed by atoms with Gasteiger partial charge in [0, 0.05) is 42.0 Å². The summed E-state index contributed by atoms with van der Waals surface area (Å²) in [5.74, 6) is -2.43. The van der Waals surface area contributed by atoms with Crippen molar-refractivity contribution in [2.75, 3.05) is 36.9 Å². The van der Waals surface area contributed by atoms with Gasteiger partial charge in [-0.15, -0.1) is 11.8 Å². The number of fused-ring (bicyclic) bond motifs is 2. The summed E-state index contributed by atoms with van der Waals surface area (Å²) in [5.41, 5.74) is 6.02. The van der Waals surface area contributed by atoms with E-state index < -0.39 is 23.2 Å². The van der Waals surface area contributed by atoms with Crippen LogP contribution in [0.15, 0.2) is 34.4 Å². The number of carbonyl (C=O) groups is 3. The Bertz CT molecular complexity index is 1470. The topological polar surface area (TPSA) is 135 Å². The Kier molecular flexibility index (Phi) is 6.18. The summed E-state index contributed by atoms with van der Waals surface area (Å²) >= 11 is 1.40. The Morgan fingerprint density at radius 3 is 2.66 bits per heavy atom. The fourth-order valence-corrected chi connectivity index (χ4v) is 6.71. The van der Waals surface area contributed by atoms with E-state index in [-0.39, 0.29) is 52.9 Å². The molecule has 38 heavy (non-hydrogen) atoms. The monoisotopic (exact) mass is 542 g/mol. The molecule has 2 aromatic rings. The summed E-state index contributed by atoms with van der Waals surface area (Å²) in [6, 6.07) is 2.96. The average molecular weight is 543 g/mol.